The van der Waals surface area contributed by atoms with Gasteiger partial charge < -0.3 is 20.4 Å². The lowest BCUT2D eigenvalue weighted by Gasteiger charge is -2.29. The monoisotopic (exact) mass is 498 g/mol. The number of hydrogen-bond donors (Lipinski definition) is 4. The van der Waals surface area contributed by atoms with Crippen LogP contribution in [-0.2, 0) is 10.8 Å². The van der Waals surface area contributed by atoms with E-state index in [1.807, 2.05) is 62.4 Å². The van der Waals surface area contributed by atoms with Crippen LogP contribution in [0, 0.1) is 13.8 Å². The molecule has 4 aromatic rings. The Labute approximate surface area is 220 Å². The largest absolute Gasteiger partial charge is 0.508 e. The molecule has 194 valence electrons. The number of rotatable bonds is 5. The van der Waals surface area contributed by atoms with Crippen LogP contribution < -0.4 is 0 Å². The zero-order valence-electron chi connectivity index (χ0n) is 22.6. The molecule has 0 heterocycles. The summed E-state index contributed by atoms with van der Waals surface area (Å²) in [6.07, 6.45) is 0.947. The molecule has 4 aromatic carbocycles. The highest BCUT2D eigenvalue weighted by atomic mass is 16.3. The second kappa shape index (κ2) is 11.0. The molecule has 4 nitrogen and oxygen atoms in total. The summed E-state index contributed by atoms with van der Waals surface area (Å²) in [5, 5.41) is 38.0. The standard InChI is InChI=1S/C17H20O2.C16H18O2/c1-11-9-13(5-7-15(11)18)17(3,4)14-6-8-16(19)12(2)10-14;1-3-16(2,12-4-8-14(17)9-5-12)13-6-10-15(18)11-7-13/h5-10,18-19H,1-4H3;4-11,17-18H,3H2,1-2H3. The first-order valence-electron chi connectivity index (χ1n) is 12.6. The van der Waals surface area contributed by atoms with E-state index in [4.69, 9.17) is 0 Å². The first kappa shape index (κ1) is 27.7. The minimum Gasteiger partial charge on any atom is -0.508 e. The van der Waals surface area contributed by atoms with Crippen LogP contribution in [0.2, 0.25) is 0 Å². The molecule has 0 atom stereocenters. The number of aryl methyl sites for hydroxylation is 2. The summed E-state index contributed by atoms with van der Waals surface area (Å²) in [7, 11) is 0. The number of hydrogen-bond acceptors (Lipinski definition) is 4. The summed E-state index contributed by atoms with van der Waals surface area (Å²) in [5.41, 5.74) is 6.09. The lowest BCUT2D eigenvalue weighted by Crippen LogP contribution is -2.22. The molecule has 0 aliphatic heterocycles. The molecule has 0 aliphatic carbocycles. The molecule has 0 spiro atoms. The van der Waals surface area contributed by atoms with E-state index in [2.05, 4.69) is 27.7 Å². The normalized spacial score (nSPS) is 11.5. The Morgan fingerprint density at radius 2 is 0.838 bits per heavy atom. The van der Waals surface area contributed by atoms with Crippen LogP contribution in [0.1, 0.15) is 67.5 Å². The lowest BCUT2D eigenvalue weighted by molar-refractivity contribution is 0.469. The van der Waals surface area contributed by atoms with Crippen molar-refractivity contribution in [2.75, 3.05) is 0 Å². The van der Waals surface area contributed by atoms with Gasteiger partial charge in [0.2, 0.25) is 0 Å². The summed E-state index contributed by atoms with van der Waals surface area (Å²) in [5.74, 6) is 1.20. The maximum Gasteiger partial charge on any atom is 0.118 e. The van der Waals surface area contributed by atoms with E-state index in [-0.39, 0.29) is 22.3 Å². The van der Waals surface area contributed by atoms with Crippen LogP contribution in [-0.4, -0.2) is 20.4 Å². The molecule has 0 unspecified atom stereocenters. The van der Waals surface area contributed by atoms with E-state index in [1.165, 1.54) is 0 Å². The van der Waals surface area contributed by atoms with Gasteiger partial charge in [0.25, 0.3) is 0 Å². The predicted molar refractivity (Wildman–Crippen MR) is 151 cm³/mol. The molecule has 37 heavy (non-hydrogen) atoms. The topological polar surface area (TPSA) is 80.9 Å². The molecule has 0 aliphatic rings. The molecule has 4 N–H and O–H groups in total. The third kappa shape index (κ3) is 6.08. The van der Waals surface area contributed by atoms with Crippen molar-refractivity contribution in [2.24, 2.45) is 0 Å². The van der Waals surface area contributed by atoms with Crippen molar-refractivity contribution in [2.45, 2.75) is 58.8 Å². The van der Waals surface area contributed by atoms with E-state index < -0.39 is 0 Å². The van der Waals surface area contributed by atoms with Crippen molar-refractivity contribution < 1.29 is 20.4 Å². The van der Waals surface area contributed by atoms with E-state index in [0.29, 0.717) is 11.5 Å². The molecular formula is C33H38O4. The fraction of sp³-hybridized carbons (Fsp3) is 0.273. The SMILES string of the molecule is CCC(C)(c1ccc(O)cc1)c1ccc(O)cc1.Cc1cc(C(C)(C)c2ccc(O)c(C)c2)ccc1O. The van der Waals surface area contributed by atoms with Gasteiger partial charge >= 0.3 is 0 Å². The summed E-state index contributed by atoms with van der Waals surface area (Å²) in [6.45, 7) is 12.4. The van der Waals surface area contributed by atoms with Crippen LogP contribution in [0.5, 0.6) is 23.0 Å². The third-order valence-electron chi connectivity index (χ3n) is 7.55. The fourth-order valence-electron chi connectivity index (χ4n) is 4.49. The number of aromatic hydroxyl groups is 4. The molecule has 4 rings (SSSR count). The molecule has 0 fully saturated rings. The van der Waals surface area contributed by atoms with Crippen LogP contribution in [0.25, 0.3) is 0 Å². The summed E-state index contributed by atoms with van der Waals surface area (Å²) >= 11 is 0. The second-order valence-corrected chi connectivity index (χ2v) is 10.4. The first-order valence-corrected chi connectivity index (χ1v) is 12.6. The molecule has 0 bridgehead atoms. The lowest BCUT2D eigenvalue weighted by atomic mass is 9.74. The molecule has 0 saturated heterocycles. The highest BCUT2D eigenvalue weighted by molar-refractivity contribution is 5.46. The Hall–Kier alpha value is -3.92. The van der Waals surface area contributed by atoms with E-state index >= 15 is 0 Å². The Balaban J connectivity index is 0.000000206. The van der Waals surface area contributed by atoms with Gasteiger partial charge in [-0.05, 0) is 90.0 Å². The fourth-order valence-corrected chi connectivity index (χ4v) is 4.49. The van der Waals surface area contributed by atoms with Crippen LogP contribution >= 0.6 is 0 Å². The Morgan fingerprint density at radius 1 is 0.514 bits per heavy atom. The Morgan fingerprint density at radius 3 is 1.14 bits per heavy atom. The molecule has 0 saturated carbocycles. The Bertz CT molecular complexity index is 1240. The van der Waals surface area contributed by atoms with E-state index in [0.717, 1.165) is 39.8 Å². The minimum absolute atomic E-state index is 0.110. The number of phenols is 4. The van der Waals surface area contributed by atoms with Crippen molar-refractivity contribution in [1.29, 1.82) is 0 Å². The van der Waals surface area contributed by atoms with Gasteiger partial charge in [-0.1, -0.05) is 76.2 Å². The average molecular weight is 499 g/mol. The van der Waals surface area contributed by atoms with Gasteiger partial charge in [0, 0.05) is 10.8 Å². The Kier molecular flexibility index (Phi) is 8.22. The van der Waals surface area contributed by atoms with Gasteiger partial charge in [0.1, 0.15) is 23.0 Å². The zero-order chi connectivity index (χ0) is 27.4. The molecule has 0 radical (unpaired) electrons. The number of phenolic OH excluding ortho intramolecular Hbond substituents is 4. The maximum atomic E-state index is 9.63. The van der Waals surface area contributed by atoms with Gasteiger partial charge in [-0.25, -0.2) is 0 Å². The average Bonchev–Trinajstić information content (AvgIpc) is 2.88. The van der Waals surface area contributed by atoms with Crippen LogP contribution in [0.15, 0.2) is 84.9 Å². The summed E-state index contributed by atoms with van der Waals surface area (Å²) in [4.78, 5) is 0. The molecular weight excluding hydrogens is 460 g/mol. The first-order chi connectivity index (χ1) is 17.4. The maximum absolute atomic E-state index is 9.63. The van der Waals surface area contributed by atoms with Gasteiger partial charge in [0.15, 0.2) is 0 Å². The summed E-state index contributed by atoms with van der Waals surface area (Å²) < 4.78 is 0. The van der Waals surface area contributed by atoms with Crippen molar-refractivity contribution in [3.05, 3.63) is 118 Å². The zero-order valence-corrected chi connectivity index (χ0v) is 22.6. The van der Waals surface area contributed by atoms with Crippen molar-refractivity contribution in [1.82, 2.24) is 0 Å². The van der Waals surface area contributed by atoms with E-state index in [9.17, 15) is 20.4 Å². The number of benzene rings is 4. The van der Waals surface area contributed by atoms with Crippen LogP contribution in [0.3, 0.4) is 0 Å². The van der Waals surface area contributed by atoms with Gasteiger partial charge in [-0.15, -0.1) is 0 Å². The molecule has 0 amide bonds. The molecule has 4 heteroatoms. The van der Waals surface area contributed by atoms with Gasteiger partial charge in [0.05, 0.1) is 0 Å². The highest BCUT2D eigenvalue weighted by Crippen LogP contribution is 2.37. The van der Waals surface area contributed by atoms with Crippen molar-refractivity contribution in [3.8, 4) is 23.0 Å². The van der Waals surface area contributed by atoms with Crippen molar-refractivity contribution in [3.63, 3.8) is 0 Å². The smallest absolute Gasteiger partial charge is 0.118 e. The summed E-state index contributed by atoms with van der Waals surface area (Å²) in [6, 6.07) is 26.0. The minimum atomic E-state index is -0.170. The predicted octanol–water partition coefficient (Wildman–Crippen LogP) is 7.85. The second-order valence-electron chi connectivity index (χ2n) is 10.4. The van der Waals surface area contributed by atoms with Crippen LogP contribution in [0.4, 0.5) is 0 Å². The highest BCUT2D eigenvalue weighted by Gasteiger charge is 2.27. The van der Waals surface area contributed by atoms with Gasteiger partial charge in [-0.3, -0.25) is 0 Å². The molecule has 0 aromatic heterocycles. The van der Waals surface area contributed by atoms with E-state index in [1.54, 1.807) is 36.4 Å². The quantitative estimate of drug-likeness (QED) is 0.226. The third-order valence-corrected chi connectivity index (χ3v) is 7.55. The van der Waals surface area contributed by atoms with Crippen molar-refractivity contribution >= 4 is 0 Å². The van der Waals surface area contributed by atoms with Gasteiger partial charge in [-0.2, -0.15) is 0 Å².